The molecule has 5 nitrogen and oxygen atoms in total. The number of nitrogens with zero attached hydrogens (tertiary/aromatic N) is 1. The molecule has 3 rings (SSSR count). The molecule has 0 radical (unpaired) electrons. The number of benzene rings is 2. The average molecular weight is 378 g/mol. The van der Waals surface area contributed by atoms with Gasteiger partial charge in [-0.05, 0) is 29.9 Å². The molecule has 1 fully saturated rings. The zero-order valence-electron chi connectivity index (χ0n) is 15.8. The highest BCUT2D eigenvalue weighted by Gasteiger charge is 2.40. The Labute approximate surface area is 155 Å². The molecule has 0 unspecified atom stereocenters. The van der Waals surface area contributed by atoms with Crippen LogP contribution in [-0.4, -0.2) is 44.1 Å². The molecule has 6 heteroatoms. The molecule has 142 valence electrons. The lowest BCUT2D eigenvalue weighted by Crippen LogP contribution is -2.49. The predicted octanol–water partition coefficient (Wildman–Crippen LogP) is 3.27. The normalized spacial score (nSPS) is 22.5. The van der Waals surface area contributed by atoms with Gasteiger partial charge in [-0.2, -0.15) is 4.31 Å². The molecular formula is C20H27NO4S. The van der Waals surface area contributed by atoms with Crippen molar-refractivity contribution in [2.75, 3.05) is 20.2 Å². The summed E-state index contributed by atoms with van der Waals surface area (Å²) in [5.41, 5.74) is -0.0535. The van der Waals surface area contributed by atoms with Crippen LogP contribution in [0.3, 0.4) is 0 Å². The quantitative estimate of drug-likeness (QED) is 0.891. The SMILES string of the molecule is COc1ccc(S(=O)(=O)N2CC[C@H](C(C)(C)C)[C@@H](O)C2)c2ccccc12. The first-order chi connectivity index (χ1) is 12.2. The van der Waals surface area contributed by atoms with Crippen LogP contribution in [-0.2, 0) is 10.0 Å². The third-order valence-corrected chi connectivity index (χ3v) is 7.26. The molecule has 1 N–H and O–H groups in total. The molecule has 26 heavy (non-hydrogen) atoms. The molecule has 2 atom stereocenters. The zero-order valence-corrected chi connectivity index (χ0v) is 16.6. The maximum atomic E-state index is 13.3. The standard InChI is InChI=1S/C20H27NO4S/c1-20(2,3)16-11-12-21(13-17(16)22)26(23,24)19-10-9-18(25-4)14-7-5-6-8-15(14)19/h5-10,16-17,22H,11-13H2,1-4H3/t16-,17-/m0/s1. The van der Waals surface area contributed by atoms with Gasteiger partial charge < -0.3 is 9.84 Å². The van der Waals surface area contributed by atoms with Gasteiger partial charge in [0.25, 0.3) is 0 Å². The largest absolute Gasteiger partial charge is 0.496 e. The Morgan fingerprint density at radius 1 is 1.12 bits per heavy atom. The molecule has 1 saturated heterocycles. The summed E-state index contributed by atoms with van der Waals surface area (Å²) in [5, 5.41) is 12.0. The number of methoxy groups -OCH3 is 1. The summed E-state index contributed by atoms with van der Waals surface area (Å²) in [6.45, 7) is 6.80. The van der Waals surface area contributed by atoms with Gasteiger partial charge in [-0.3, -0.25) is 0 Å². The fourth-order valence-corrected chi connectivity index (χ4v) is 5.59. The van der Waals surface area contributed by atoms with Crippen LogP contribution in [0.5, 0.6) is 5.75 Å². The monoisotopic (exact) mass is 377 g/mol. The van der Waals surface area contributed by atoms with Gasteiger partial charge in [0.05, 0.1) is 18.1 Å². The van der Waals surface area contributed by atoms with Crippen molar-refractivity contribution in [2.24, 2.45) is 11.3 Å². The van der Waals surface area contributed by atoms with E-state index >= 15 is 0 Å². The lowest BCUT2D eigenvalue weighted by Gasteiger charge is -2.41. The summed E-state index contributed by atoms with van der Waals surface area (Å²) < 4.78 is 33.3. The van der Waals surface area contributed by atoms with Crippen molar-refractivity contribution in [1.82, 2.24) is 4.31 Å². The van der Waals surface area contributed by atoms with Gasteiger partial charge in [0.2, 0.25) is 10.0 Å². The van der Waals surface area contributed by atoms with E-state index in [1.807, 2.05) is 18.2 Å². The van der Waals surface area contributed by atoms with Gasteiger partial charge in [-0.25, -0.2) is 8.42 Å². The molecule has 0 aliphatic carbocycles. The number of ether oxygens (including phenoxy) is 1. The number of hydrogen-bond donors (Lipinski definition) is 1. The van der Waals surface area contributed by atoms with Crippen molar-refractivity contribution in [3.63, 3.8) is 0 Å². The van der Waals surface area contributed by atoms with E-state index in [4.69, 9.17) is 4.74 Å². The molecular weight excluding hydrogens is 350 g/mol. The van der Waals surface area contributed by atoms with E-state index in [0.717, 1.165) is 5.39 Å². The molecule has 0 bridgehead atoms. The number of aliphatic hydroxyl groups is 1. The minimum absolute atomic E-state index is 0.0535. The first-order valence-corrected chi connectivity index (χ1v) is 10.3. The predicted molar refractivity (Wildman–Crippen MR) is 103 cm³/mol. The molecule has 1 aliphatic rings. The minimum atomic E-state index is -3.70. The summed E-state index contributed by atoms with van der Waals surface area (Å²) in [6, 6.07) is 10.6. The highest BCUT2D eigenvalue weighted by molar-refractivity contribution is 7.89. The van der Waals surface area contributed by atoms with E-state index in [-0.39, 0.29) is 22.8 Å². The van der Waals surface area contributed by atoms with Crippen molar-refractivity contribution in [3.05, 3.63) is 36.4 Å². The van der Waals surface area contributed by atoms with Crippen LogP contribution in [0.25, 0.3) is 10.8 Å². The summed E-state index contributed by atoms with van der Waals surface area (Å²) >= 11 is 0. The van der Waals surface area contributed by atoms with Crippen LogP contribution >= 0.6 is 0 Å². The van der Waals surface area contributed by atoms with Gasteiger partial charge in [0.15, 0.2) is 0 Å². The number of aliphatic hydroxyl groups excluding tert-OH is 1. The molecule has 1 heterocycles. The number of piperidine rings is 1. The number of sulfonamides is 1. The Morgan fingerprint density at radius 3 is 2.35 bits per heavy atom. The van der Waals surface area contributed by atoms with Crippen molar-refractivity contribution < 1.29 is 18.3 Å². The van der Waals surface area contributed by atoms with Crippen LogP contribution in [0.15, 0.2) is 41.3 Å². The van der Waals surface area contributed by atoms with Crippen molar-refractivity contribution >= 4 is 20.8 Å². The highest BCUT2D eigenvalue weighted by atomic mass is 32.2. The van der Waals surface area contributed by atoms with Gasteiger partial charge >= 0.3 is 0 Å². The highest BCUT2D eigenvalue weighted by Crippen LogP contribution is 2.37. The molecule has 0 spiro atoms. The van der Waals surface area contributed by atoms with E-state index in [1.54, 1.807) is 25.3 Å². The fourth-order valence-electron chi connectivity index (χ4n) is 3.92. The topological polar surface area (TPSA) is 66.8 Å². The maximum absolute atomic E-state index is 13.3. The van der Waals surface area contributed by atoms with E-state index in [1.165, 1.54) is 4.31 Å². The molecule has 0 amide bonds. The zero-order chi connectivity index (χ0) is 19.1. The molecule has 0 aromatic heterocycles. The Kier molecular flexibility index (Phi) is 5.03. The summed E-state index contributed by atoms with van der Waals surface area (Å²) in [7, 11) is -2.12. The van der Waals surface area contributed by atoms with Crippen LogP contribution in [0, 0.1) is 11.3 Å². The smallest absolute Gasteiger partial charge is 0.243 e. The summed E-state index contributed by atoms with van der Waals surface area (Å²) in [5.74, 6) is 0.729. The average Bonchev–Trinajstić information content (AvgIpc) is 2.59. The molecule has 1 aliphatic heterocycles. The number of fused-ring (bicyclic) bond motifs is 1. The Bertz CT molecular complexity index is 902. The third-order valence-electron chi connectivity index (χ3n) is 5.34. The van der Waals surface area contributed by atoms with E-state index in [2.05, 4.69) is 20.8 Å². The third kappa shape index (κ3) is 3.33. The Hall–Kier alpha value is -1.63. The first kappa shape index (κ1) is 19.1. The van der Waals surface area contributed by atoms with Crippen LogP contribution in [0.2, 0.25) is 0 Å². The number of β-amino-alcohol motifs (C(OH)–C–C–N with tert-alkyl or cyclic N) is 1. The van der Waals surface area contributed by atoms with Crippen LogP contribution in [0.4, 0.5) is 0 Å². The summed E-state index contributed by atoms with van der Waals surface area (Å²) in [6.07, 6.45) is -0.0131. The Balaban J connectivity index is 1.99. The van der Waals surface area contributed by atoms with Crippen molar-refractivity contribution in [3.8, 4) is 5.75 Å². The van der Waals surface area contributed by atoms with Gasteiger partial charge in [0, 0.05) is 23.9 Å². The number of hydrogen-bond acceptors (Lipinski definition) is 4. The van der Waals surface area contributed by atoms with Crippen molar-refractivity contribution in [1.29, 1.82) is 0 Å². The molecule has 2 aromatic rings. The van der Waals surface area contributed by atoms with E-state index in [0.29, 0.717) is 24.1 Å². The lowest BCUT2D eigenvalue weighted by molar-refractivity contribution is -0.00208. The van der Waals surface area contributed by atoms with Gasteiger partial charge in [0.1, 0.15) is 5.75 Å². The number of rotatable bonds is 3. The van der Waals surface area contributed by atoms with Gasteiger partial charge in [-0.15, -0.1) is 0 Å². The molecule has 0 saturated carbocycles. The van der Waals surface area contributed by atoms with Gasteiger partial charge in [-0.1, -0.05) is 45.0 Å². The van der Waals surface area contributed by atoms with Crippen LogP contribution in [0.1, 0.15) is 27.2 Å². The maximum Gasteiger partial charge on any atom is 0.243 e. The lowest BCUT2D eigenvalue weighted by atomic mass is 9.74. The fraction of sp³-hybridized carbons (Fsp3) is 0.500. The Morgan fingerprint density at radius 2 is 1.77 bits per heavy atom. The van der Waals surface area contributed by atoms with Crippen LogP contribution < -0.4 is 4.74 Å². The second-order valence-electron chi connectivity index (χ2n) is 8.00. The molecule has 2 aromatic carbocycles. The summed E-state index contributed by atoms with van der Waals surface area (Å²) in [4.78, 5) is 0.260. The second kappa shape index (κ2) is 6.83. The minimum Gasteiger partial charge on any atom is -0.496 e. The first-order valence-electron chi connectivity index (χ1n) is 8.90. The van der Waals surface area contributed by atoms with E-state index < -0.39 is 16.1 Å². The second-order valence-corrected chi connectivity index (χ2v) is 9.91. The van der Waals surface area contributed by atoms with E-state index in [9.17, 15) is 13.5 Å². The van der Waals surface area contributed by atoms with Crippen molar-refractivity contribution in [2.45, 2.75) is 38.2 Å².